The molecule has 2 aliphatic heterocycles. The van der Waals surface area contributed by atoms with Gasteiger partial charge in [0.1, 0.15) is 0 Å². The first-order chi connectivity index (χ1) is 9.66. The molecule has 2 rings (SSSR count). The number of halogens is 1. The molecule has 21 heavy (non-hydrogen) atoms. The van der Waals surface area contributed by atoms with Crippen LogP contribution in [0, 0.1) is 0 Å². The van der Waals surface area contributed by atoms with Crippen LogP contribution < -0.4 is 10.6 Å². The van der Waals surface area contributed by atoms with E-state index in [1.807, 2.05) is 4.90 Å². The molecule has 0 saturated carbocycles. The molecule has 2 aliphatic rings. The minimum Gasteiger partial charge on any atom is -0.392 e. The first-order valence-corrected chi connectivity index (χ1v) is 7.64. The van der Waals surface area contributed by atoms with Crippen LogP contribution in [0.3, 0.4) is 0 Å². The summed E-state index contributed by atoms with van der Waals surface area (Å²) in [5.41, 5.74) is 0. The van der Waals surface area contributed by atoms with E-state index in [-0.39, 0.29) is 30.3 Å². The maximum atomic E-state index is 12.0. The fourth-order valence-corrected chi connectivity index (χ4v) is 2.81. The van der Waals surface area contributed by atoms with Crippen molar-refractivity contribution in [2.75, 3.05) is 26.2 Å². The molecule has 2 atom stereocenters. The van der Waals surface area contributed by atoms with Gasteiger partial charge in [0, 0.05) is 32.6 Å². The molecule has 0 aliphatic carbocycles. The quantitative estimate of drug-likeness (QED) is 0.683. The second-order valence-electron chi connectivity index (χ2n) is 5.69. The van der Waals surface area contributed by atoms with E-state index in [1.54, 1.807) is 0 Å². The normalized spacial score (nSPS) is 25.9. The van der Waals surface area contributed by atoms with Gasteiger partial charge in [0.05, 0.1) is 12.1 Å². The molecule has 0 aromatic heterocycles. The number of rotatable bonds is 4. The van der Waals surface area contributed by atoms with Crippen molar-refractivity contribution in [3.05, 3.63) is 0 Å². The van der Waals surface area contributed by atoms with E-state index in [4.69, 9.17) is 0 Å². The average molecular weight is 320 g/mol. The maximum Gasteiger partial charge on any atom is 0.237 e. The van der Waals surface area contributed by atoms with Crippen LogP contribution in [-0.4, -0.2) is 60.1 Å². The zero-order valence-electron chi connectivity index (χ0n) is 12.3. The molecular weight excluding hydrogens is 294 g/mol. The van der Waals surface area contributed by atoms with Gasteiger partial charge in [-0.2, -0.15) is 0 Å². The van der Waals surface area contributed by atoms with Crippen LogP contribution in [0.2, 0.25) is 0 Å². The lowest BCUT2D eigenvalue weighted by Crippen LogP contribution is -2.42. The van der Waals surface area contributed by atoms with E-state index in [9.17, 15) is 14.7 Å². The molecule has 2 amide bonds. The van der Waals surface area contributed by atoms with Crippen LogP contribution in [0.25, 0.3) is 0 Å². The highest BCUT2D eigenvalue weighted by atomic mass is 35.5. The van der Waals surface area contributed by atoms with Crippen LogP contribution in [0.1, 0.15) is 38.5 Å². The first kappa shape index (κ1) is 18.2. The smallest absolute Gasteiger partial charge is 0.237 e. The summed E-state index contributed by atoms with van der Waals surface area (Å²) in [5, 5.41) is 15.1. The number of carbonyl (C=O) groups excluding carboxylic acids is 2. The third-order valence-corrected chi connectivity index (χ3v) is 4.02. The van der Waals surface area contributed by atoms with Crippen molar-refractivity contribution in [2.24, 2.45) is 0 Å². The Morgan fingerprint density at radius 2 is 1.86 bits per heavy atom. The van der Waals surface area contributed by atoms with E-state index in [2.05, 4.69) is 10.6 Å². The molecule has 0 bridgehead atoms. The van der Waals surface area contributed by atoms with Crippen LogP contribution in [0.5, 0.6) is 0 Å². The first-order valence-electron chi connectivity index (χ1n) is 7.64. The lowest BCUT2D eigenvalue weighted by atomic mass is 10.2. The zero-order chi connectivity index (χ0) is 14.4. The summed E-state index contributed by atoms with van der Waals surface area (Å²) < 4.78 is 0. The molecule has 6 nitrogen and oxygen atoms in total. The Balaban J connectivity index is 0.00000220. The second-order valence-corrected chi connectivity index (χ2v) is 5.69. The lowest BCUT2D eigenvalue weighted by Gasteiger charge is -2.20. The monoisotopic (exact) mass is 319 g/mol. The van der Waals surface area contributed by atoms with Crippen molar-refractivity contribution < 1.29 is 14.7 Å². The van der Waals surface area contributed by atoms with Crippen LogP contribution in [-0.2, 0) is 9.59 Å². The van der Waals surface area contributed by atoms with Gasteiger partial charge in [-0.15, -0.1) is 12.4 Å². The third kappa shape index (κ3) is 5.80. The van der Waals surface area contributed by atoms with Crippen molar-refractivity contribution in [3.63, 3.8) is 0 Å². The van der Waals surface area contributed by atoms with Crippen LogP contribution in [0.15, 0.2) is 0 Å². The summed E-state index contributed by atoms with van der Waals surface area (Å²) in [6.45, 7) is 2.54. The number of β-amino-alcohol motifs (C(OH)–C–C–N with tert-alkyl or cyclic N) is 1. The van der Waals surface area contributed by atoms with Gasteiger partial charge >= 0.3 is 0 Å². The molecule has 0 spiro atoms. The average Bonchev–Trinajstić information content (AvgIpc) is 2.71. The number of nitrogens with zero attached hydrogens (tertiary/aromatic N) is 1. The van der Waals surface area contributed by atoms with E-state index < -0.39 is 6.10 Å². The standard InChI is InChI=1S/C14H25N3O3.ClH/c18-11-9-12(16-10-11)14(20)15-6-5-13(19)17-7-3-1-2-4-8-17;/h11-12,16,18H,1-10H2,(H,15,20);1H. The molecule has 0 aromatic carbocycles. The summed E-state index contributed by atoms with van der Waals surface area (Å²) in [6, 6.07) is -0.321. The molecule has 2 heterocycles. The van der Waals surface area contributed by atoms with Gasteiger partial charge in [0.2, 0.25) is 11.8 Å². The highest BCUT2D eigenvalue weighted by Crippen LogP contribution is 2.10. The van der Waals surface area contributed by atoms with Gasteiger partial charge in [0.25, 0.3) is 0 Å². The molecular formula is C14H26ClN3O3. The number of nitrogens with one attached hydrogen (secondary N) is 2. The van der Waals surface area contributed by atoms with Crippen molar-refractivity contribution in [2.45, 2.75) is 50.7 Å². The minimum atomic E-state index is -0.440. The topological polar surface area (TPSA) is 81.7 Å². The molecule has 0 aromatic rings. The van der Waals surface area contributed by atoms with Gasteiger partial charge in [0.15, 0.2) is 0 Å². The molecule has 2 fully saturated rings. The summed E-state index contributed by atoms with van der Waals surface area (Å²) in [5.74, 6) is 0.0110. The fourth-order valence-electron chi connectivity index (χ4n) is 2.81. The number of likely N-dealkylation sites (tertiary alicyclic amines) is 1. The van der Waals surface area contributed by atoms with Crippen LogP contribution in [0.4, 0.5) is 0 Å². The minimum absolute atomic E-state index is 0. The van der Waals surface area contributed by atoms with Crippen molar-refractivity contribution in [3.8, 4) is 0 Å². The van der Waals surface area contributed by atoms with E-state index in [0.29, 0.717) is 25.9 Å². The SMILES string of the molecule is Cl.O=C(NCCC(=O)N1CCCCCC1)C1CC(O)CN1. The van der Waals surface area contributed by atoms with Gasteiger partial charge in [-0.1, -0.05) is 12.8 Å². The summed E-state index contributed by atoms with van der Waals surface area (Å²) in [4.78, 5) is 25.7. The number of aliphatic hydroxyl groups excluding tert-OH is 1. The molecule has 2 unspecified atom stereocenters. The second kappa shape index (κ2) is 9.23. The highest BCUT2D eigenvalue weighted by Gasteiger charge is 2.27. The Bertz CT molecular complexity index is 346. The van der Waals surface area contributed by atoms with Crippen molar-refractivity contribution in [1.29, 1.82) is 0 Å². The fraction of sp³-hybridized carbons (Fsp3) is 0.857. The van der Waals surface area contributed by atoms with Gasteiger partial charge in [-0.3, -0.25) is 9.59 Å². The summed E-state index contributed by atoms with van der Waals surface area (Å²) in [6.07, 6.45) is 4.95. The number of hydrogen-bond donors (Lipinski definition) is 3. The van der Waals surface area contributed by atoms with Gasteiger partial charge in [-0.05, 0) is 19.3 Å². The molecule has 0 radical (unpaired) electrons. The Labute approximate surface area is 132 Å². The van der Waals surface area contributed by atoms with Crippen LogP contribution >= 0.6 is 12.4 Å². The molecule has 3 N–H and O–H groups in total. The number of amides is 2. The number of carbonyl (C=O) groups is 2. The Kier molecular flexibility index (Phi) is 8.00. The van der Waals surface area contributed by atoms with E-state index in [1.165, 1.54) is 12.8 Å². The molecule has 2 saturated heterocycles. The summed E-state index contributed by atoms with van der Waals surface area (Å²) in [7, 11) is 0. The Morgan fingerprint density at radius 1 is 1.19 bits per heavy atom. The summed E-state index contributed by atoms with van der Waals surface area (Å²) >= 11 is 0. The van der Waals surface area contributed by atoms with E-state index in [0.717, 1.165) is 25.9 Å². The largest absolute Gasteiger partial charge is 0.392 e. The Hall–Kier alpha value is -0.850. The zero-order valence-corrected chi connectivity index (χ0v) is 13.2. The maximum absolute atomic E-state index is 12.0. The van der Waals surface area contributed by atoms with Crippen molar-refractivity contribution in [1.82, 2.24) is 15.5 Å². The van der Waals surface area contributed by atoms with Gasteiger partial charge in [-0.25, -0.2) is 0 Å². The van der Waals surface area contributed by atoms with E-state index >= 15 is 0 Å². The lowest BCUT2D eigenvalue weighted by molar-refractivity contribution is -0.131. The molecule has 122 valence electrons. The van der Waals surface area contributed by atoms with Gasteiger partial charge < -0.3 is 20.6 Å². The third-order valence-electron chi connectivity index (χ3n) is 4.02. The Morgan fingerprint density at radius 3 is 2.43 bits per heavy atom. The predicted octanol–water partition coefficient (Wildman–Crippen LogP) is 0.0399. The number of hydrogen-bond acceptors (Lipinski definition) is 4. The highest BCUT2D eigenvalue weighted by molar-refractivity contribution is 5.85. The predicted molar refractivity (Wildman–Crippen MR) is 82.3 cm³/mol. The number of aliphatic hydroxyl groups is 1. The van der Waals surface area contributed by atoms with Crippen molar-refractivity contribution >= 4 is 24.2 Å². The molecule has 7 heteroatoms.